The number of hydrogen-bond donors (Lipinski definition) is 1. The number of halogens is 2. The van der Waals surface area contributed by atoms with E-state index in [4.69, 9.17) is 16.3 Å². The van der Waals surface area contributed by atoms with Gasteiger partial charge in [-0.05, 0) is 69.9 Å². The topological polar surface area (TPSA) is 61.9 Å². The quantitative estimate of drug-likeness (QED) is 0.587. The van der Waals surface area contributed by atoms with Crippen LogP contribution in [0, 0.1) is 5.82 Å². The highest BCUT2D eigenvalue weighted by Crippen LogP contribution is 2.31. The predicted octanol–water partition coefficient (Wildman–Crippen LogP) is 4.68. The third-order valence-electron chi connectivity index (χ3n) is 6.60. The smallest absolute Gasteiger partial charge is 0.243 e. The van der Waals surface area contributed by atoms with E-state index in [-0.39, 0.29) is 22.1 Å². The van der Waals surface area contributed by atoms with Gasteiger partial charge in [0, 0.05) is 43.3 Å². The van der Waals surface area contributed by atoms with Crippen molar-refractivity contribution in [1.29, 1.82) is 0 Å². The average molecular weight is 510 g/mol. The summed E-state index contributed by atoms with van der Waals surface area (Å²) in [4.78, 5) is 4.51. The van der Waals surface area contributed by atoms with E-state index in [0.717, 1.165) is 75.4 Å². The maximum absolute atomic E-state index is 14.1. The molecule has 1 heterocycles. The number of rotatable bonds is 7. The largest absolute Gasteiger partial charge is 0.489 e. The monoisotopic (exact) mass is 509 g/mol. The minimum Gasteiger partial charge on any atom is -0.489 e. The summed E-state index contributed by atoms with van der Waals surface area (Å²) in [6.45, 7) is 7.86. The van der Waals surface area contributed by atoms with Crippen molar-refractivity contribution in [2.24, 2.45) is 0 Å². The Balaban J connectivity index is 1.29. The Bertz CT molecular complexity index is 1080. The summed E-state index contributed by atoms with van der Waals surface area (Å²) < 4.78 is 48.1. The highest BCUT2D eigenvalue weighted by molar-refractivity contribution is 7.89. The molecule has 2 aromatic rings. The molecule has 1 saturated carbocycles. The molecule has 6 nitrogen and oxygen atoms in total. The zero-order chi connectivity index (χ0) is 24.3. The van der Waals surface area contributed by atoms with Crippen LogP contribution >= 0.6 is 11.6 Å². The second-order valence-corrected chi connectivity index (χ2v) is 11.5. The van der Waals surface area contributed by atoms with Gasteiger partial charge >= 0.3 is 0 Å². The molecule has 0 bridgehead atoms. The highest BCUT2D eigenvalue weighted by Gasteiger charge is 2.31. The molecule has 2 aromatic carbocycles. The van der Waals surface area contributed by atoms with Gasteiger partial charge < -0.3 is 9.64 Å². The van der Waals surface area contributed by atoms with Gasteiger partial charge in [-0.3, -0.25) is 4.90 Å². The number of hydrogen-bond acceptors (Lipinski definition) is 5. The fraction of sp³-hybridized carbons (Fsp3) is 0.520. The summed E-state index contributed by atoms with van der Waals surface area (Å²) in [6, 6.07) is 12.0. The molecular weight excluding hydrogens is 477 g/mol. The lowest BCUT2D eigenvalue weighted by atomic mass is 9.90. The van der Waals surface area contributed by atoms with E-state index >= 15 is 0 Å². The molecule has 34 heavy (non-hydrogen) atoms. The lowest BCUT2D eigenvalue weighted by Gasteiger charge is -2.43. The van der Waals surface area contributed by atoms with Crippen LogP contribution in [-0.2, 0) is 10.0 Å². The normalized spacial score (nSPS) is 22.2. The summed E-state index contributed by atoms with van der Waals surface area (Å²) in [6.07, 6.45) is 3.43. The molecule has 1 saturated heterocycles. The number of para-hydroxylation sites is 2. The number of benzene rings is 2. The summed E-state index contributed by atoms with van der Waals surface area (Å²) in [7, 11) is -3.95. The lowest BCUT2D eigenvalue weighted by molar-refractivity contribution is 0.139. The molecule has 9 heteroatoms. The van der Waals surface area contributed by atoms with E-state index < -0.39 is 15.8 Å². The van der Waals surface area contributed by atoms with Crippen molar-refractivity contribution in [1.82, 2.24) is 9.62 Å². The molecular formula is C25H33ClFN3O3S. The summed E-state index contributed by atoms with van der Waals surface area (Å²) >= 11 is 5.88. The molecule has 0 aromatic heterocycles. The van der Waals surface area contributed by atoms with Gasteiger partial charge in [-0.1, -0.05) is 23.7 Å². The van der Waals surface area contributed by atoms with Crippen molar-refractivity contribution < 1.29 is 17.5 Å². The first-order valence-corrected chi connectivity index (χ1v) is 13.8. The van der Waals surface area contributed by atoms with Crippen LogP contribution in [0.3, 0.4) is 0 Å². The Morgan fingerprint density at radius 3 is 2.38 bits per heavy atom. The molecule has 1 aliphatic carbocycles. The second-order valence-electron chi connectivity index (χ2n) is 9.36. The van der Waals surface area contributed by atoms with Crippen LogP contribution in [0.4, 0.5) is 10.1 Å². The minimum atomic E-state index is -3.95. The van der Waals surface area contributed by atoms with E-state index in [1.165, 1.54) is 6.07 Å². The van der Waals surface area contributed by atoms with Crippen LogP contribution in [-0.4, -0.2) is 57.7 Å². The van der Waals surface area contributed by atoms with E-state index in [9.17, 15) is 12.8 Å². The number of nitrogens with zero attached hydrogens (tertiary/aromatic N) is 2. The third kappa shape index (κ3) is 6.03. The van der Waals surface area contributed by atoms with Crippen LogP contribution in [0.1, 0.15) is 39.5 Å². The van der Waals surface area contributed by atoms with Crippen LogP contribution < -0.4 is 14.4 Å². The molecule has 0 spiro atoms. The first kappa shape index (κ1) is 25.2. The van der Waals surface area contributed by atoms with Gasteiger partial charge in [0.2, 0.25) is 10.0 Å². The van der Waals surface area contributed by atoms with Gasteiger partial charge in [-0.25, -0.2) is 17.5 Å². The summed E-state index contributed by atoms with van der Waals surface area (Å²) in [5.74, 6) is 0.138. The van der Waals surface area contributed by atoms with Gasteiger partial charge in [0.1, 0.15) is 16.5 Å². The molecule has 0 unspecified atom stereocenters. The number of sulfonamides is 1. The van der Waals surface area contributed by atoms with Crippen LogP contribution in [0.5, 0.6) is 5.75 Å². The van der Waals surface area contributed by atoms with Crippen molar-refractivity contribution in [2.75, 3.05) is 31.1 Å². The first-order valence-electron chi connectivity index (χ1n) is 11.9. The van der Waals surface area contributed by atoms with E-state index in [2.05, 4.69) is 20.6 Å². The van der Waals surface area contributed by atoms with E-state index in [1.54, 1.807) is 0 Å². The van der Waals surface area contributed by atoms with Crippen molar-refractivity contribution in [2.45, 2.75) is 62.6 Å². The molecule has 186 valence electrons. The average Bonchev–Trinajstić information content (AvgIpc) is 2.81. The Labute approximate surface area is 207 Å². The van der Waals surface area contributed by atoms with Gasteiger partial charge in [0.25, 0.3) is 0 Å². The predicted molar refractivity (Wildman–Crippen MR) is 134 cm³/mol. The summed E-state index contributed by atoms with van der Waals surface area (Å²) in [5.41, 5.74) is 1.14. The number of nitrogens with one attached hydrogen (secondary N) is 1. The van der Waals surface area contributed by atoms with Gasteiger partial charge in [0.05, 0.1) is 11.8 Å². The van der Waals surface area contributed by atoms with Gasteiger partial charge in [0.15, 0.2) is 0 Å². The van der Waals surface area contributed by atoms with Crippen LogP contribution in [0.2, 0.25) is 5.02 Å². The first-order chi connectivity index (χ1) is 16.2. The zero-order valence-corrected chi connectivity index (χ0v) is 21.3. The fourth-order valence-electron chi connectivity index (χ4n) is 4.92. The molecule has 0 radical (unpaired) electrons. The van der Waals surface area contributed by atoms with Crippen molar-refractivity contribution in [3.05, 3.63) is 53.3 Å². The lowest BCUT2D eigenvalue weighted by Crippen LogP contribution is -2.52. The standard InChI is InChI=1S/C25H33ClFN3O3S/c1-18(2)33-24-6-4-3-5-23(24)30-15-13-29(14-16-30)21-10-8-20(9-11-21)28-34(31,32)25-17-19(26)7-12-22(25)27/h3-7,12,17-18,20-21,28H,8-11,13-16H2,1-2H3. The molecule has 2 fully saturated rings. The van der Waals surface area contributed by atoms with Gasteiger partial charge in [-0.2, -0.15) is 0 Å². The maximum Gasteiger partial charge on any atom is 0.243 e. The molecule has 2 aliphatic rings. The number of piperazine rings is 1. The van der Waals surface area contributed by atoms with Crippen molar-refractivity contribution in [3.63, 3.8) is 0 Å². The van der Waals surface area contributed by atoms with E-state index in [0.29, 0.717) is 6.04 Å². The minimum absolute atomic E-state index is 0.130. The molecule has 1 N–H and O–H groups in total. The SMILES string of the molecule is CC(C)Oc1ccccc1N1CCN(C2CCC(NS(=O)(=O)c3cc(Cl)ccc3F)CC2)CC1. The number of anilines is 1. The molecule has 0 atom stereocenters. The van der Waals surface area contributed by atoms with Crippen LogP contribution in [0.15, 0.2) is 47.4 Å². The zero-order valence-electron chi connectivity index (χ0n) is 19.7. The summed E-state index contributed by atoms with van der Waals surface area (Å²) in [5, 5.41) is 0.197. The molecule has 4 rings (SSSR count). The second kappa shape index (κ2) is 10.8. The van der Waals surface area contributed by atoms with E-state index in [1.807, 2.05) is 32.0 Å². The van der Waals surface area contributed by atoms with Crippen LogP contribution in [0.25, 0.3) is 0 Å². The third-order valence-corrected chi connectivity index (χ3v) is 8.37. The Kier molecular flexibility index (Phi) is 8.02. The Hall–Kier alpha value is -1.87. The fourth-order valence-corrected chi connectivity index (χ4v) is 6.57. The van der Waals surface area contributed by atoms with Gasteiger partial charge in [-0.15, -0.1) is 0 Å². The Morgan fingerprint density at radius 2 is 1.71 bits per heavy atom. The molecule has 1 aliphatic heterocycles. The highest BCUT2D eigenvalue weighted by atomic mass is 35.5. The van der Waals surface area contributed by atoms with Crippen molar-refractivity contribution >= 4 is 27.3 Å². The van der Waals surface area contributed by atoms with Crippen molar-refractivity contribution in [3.8, 4) is 5.75 Å². The maximum atomic E-state index is 14.1. The Morgan fingerprint density at radius 1 is 1.03 bits per heavy atom. The number of ether oxygens (including phenoxy) is 1. The molecule has 0 amide bonds.